The standard InChI is InChI=1S/C8H10O/c1-8-5-2-3-7(8)4-6-9-8/h2-3,5H,4,6H2,1H3. The molecule has 0 bridgehead atoms. The monoisotopic (exact) mass is 122 g/mol. The third-order valence-corrected chi connectivity index (χ3v) is 2.12. The molecule has 0 amide bonds. The minimum absolute atomic E-state index is 0.0139. The number of hydrogen-bond donors (Lipinski definition) is 0. The number of rotatable bonds is 0. The van der Waals surface area contributed by atoms with E-state index in [0.717, 1.165) is 13.0 Å². The maximum atomic E-state index is 5.51. The molecular weight excluding hydrogens is 112 g/mol. The zero-order valence-corrected chi connectivity index (χ0v) is 5.55. The fourth-order valence-electron chi connectivity index (χ4n) is 1.47. The Hall–Kier alpha value is -0.560. The lowest BCUT2D eigenvalue weighted by molar-refractivity contribution is 0.0798. The van der Waals surface area contributed by atoms with Gasteiger partial charge in [0.05, 0.1) is 6.61 Å². The lowest BCUT2D eigenvalue weighted by Crippen LogP contribution is -2.18. The minimum Gasteiger partial charge on any atom is -0.366 e. The van der Waals surface area contributed by atoms with Gasteiger partial charge in [-0.3, -0.25) is 0 Å². The van der Waals surface area contributed by atoms with E-state index >= 15 is 0 Å². The van der Waals surface area contributed by atoms with Crippen LogP contribution in [0.25, 0.3) is 0 Å². The van der Waals surface area contributed by atoms with Crippen LogP contribution >= 0.6 is 0 Å². The zero-order valence-electron chi connectivity index (χ0n) is 5.55. The second kappa shape index (κ2) is 1.48. The molecule has 1 aliphatic heterocycles. The summed E-state index contributed by atoms with van der Waals surface area (Å²) in [6.45, 7) is 3.02. The summed E-state index contributed by atoms with van der Waals surface area (Å²) in [5.41, 5.74) is 1.42. The van der Waals surface area contributed by atoms with Crippen LogP contribution in [0.4, 0.5) is 0 Å². The highest BCUT2D eigenvalue weighted by Gasteiger charge is 2.33. The maximum Gasteiger partial charge on any atom is 0.105 e. The molecule has 9 heavy (non-hydrogen) atoms. The van der Waals surface area contributed by atoms with E-state index in [1.54, 1.807) is 0 Å². The molecule has 0 aromatic carbocycles. The third kappa shape index (κ3) is 0.583. The molecule has 0 aromatic rings. The van der Waals surface area contributed by atoms with Gasteiger partial charge in [0.25, 0.3) is 0 Å². The second-order valence-electron chi connectivity index (χ2n) is 2.76. The molecule has 1 heteroatoms. The summed E-state index contributed by atoms with van der Waals surface area (Å²) in [4.78, 5) is 0. The summed E-state index contributed by atoms with van der Waals surface area (Å²) in [7, 11) is 0. The highest BCUT2D eigenvalue weighted by molar-refractivity contribution is 5.37. The Kier molecular flexibility index (Phi) is 0.862. The molecular formula is C8H10O. The summed E-state index contributed by atoms with van der Waals surface area (Å²) >= 11 is 0. The predicted molar refractivity (Wildman–Crippen MR) is 36.2 cm³/mol. The number of ether oxygens (including phenoxy) is 1. The fourth-order valence-corrected chi connectivity index (χ4v) is 1.47. The Bertz CT molecular complexity index is 191. The van der Waals surface area contributed by atoms with E-state index < -0.39 is 0 Å². The fraction of sp³-hybridized carbons (Fsp3) is 0.500. The average molecular weight is 122 g/mol. The summed E-state index contributed by atoms with van der Waals surface area (Å²) in [6.07, 6.45) is 7.47. The van der Waals surface area contributed by atoms with Crippen molar-refractivity contribution < 1.29 is 4.74 Å². The van der Waals surface area contributed by atoms with Gasteiger partial charge >= 0.3 is 0 Å². The Labute approximate surface area is 55.0 Å². The van der Waals surface area contributed by atoms with Crippen molar-refractivity contribution in [1.82, 2.24) is 0 Å². The molecule has 1 unspecified atom stereocenters. The van der Waals surface area contributed by atoms with Gasteiger partial charge in [0.1, 0.15) is 5.60 Å². The van der Waals surface area contributed by atoms with Crippen molar-refractivity contribution in [2.45, 2.75) is 18.9 Å². The van der Waals surface area contributed by atoms with Crippen molar-refractivity contribution in [2.75, 3.05) is 6.61 Å². The molecule has 0 saturated carbocycles. The van der Waals surface area contributed by atoms with Crippen LogP contribution < -0.4 is 0 Å². The molecule has 0 radical (unpaired) electrons. The van der Waals surface area contributed by atoms with Gasteiger partial charge in [-0.2, -0.15) is 0 Å². The molecule has 1 nitrogen and oxygen atoms in total. The lowest BCUT2D eigenvalue weighted by Gasteiger charge is -2.16. The SMILES string of the molecule is CC12C=CC=C1CCO2. The molecule has 1 fully saturated rings. The van der Waals surface area contributed by atoms with Gasteiger partial charge in [-0.15, -0.1) is 0 Å². The molecule has 1 saturated heterocycles. The van der Waals surface area contributed by atoms with Gasteiger partial charge < -0.3 is 4.74 Å². The smallest absolute Gasteiger partial charge is 0.105 e. The van der Waals surface area contributed by atoms with E-state index in [2.05, 4.69) is 25.2 Å². The molecule has 1 heterocycles. The average Bonchev–Trinajstić information content (AvgIpc) is 2.22. The van der Waals surface area contributed by atoms with E-state index in [1.807, 2.05) is 0 Å². The summed E-state index contributed by atoms with van der Waals surface area (Å²) in [5, 5.41) is 0. The molecule has 1 atom stereocenters. The third-order valence-electron chi connectivity index (χ3n) is 2.12. The normalized spacial score (nSPS) is 39.0. The summed E-state index contributed by atoms with van der Waals surface area (Å²) in [6, 6.07) is 0. The van der Waals surface area contributed by atoms with Crippen LogP contribution in [0.1, 0.15) is 13.3 Å². The Morgan fingerprint density at radius 2 is 2.56 bits per heavy atom. The van der Waals surface area contributed by atoms with Gasteiger partial charge in [-0.25, -0.2) is 0 Å². The van der Waals surface area contributed by atoms with Crippen LogP contribution in [-0.2, 0) is 4.74 Å². The van der Waals surface area contributed by atoms with E-state index in [4.69, 9.17) is 4.74 Å². The lowest BCUT2D eigenvalue weighted by atomic mass is 10.0. The van der Waals surface area contributed by atoms with Crippen molar-refractivity contribution in [2.24, 2.45) is 0 Å². The summed E-state index contributed by atoms with van der Waals surface area (Å²) in [5.74, 6) is 0. The predicted octanol–water partition coefficient (Wildman–Crippen LogP) is 1.66. The molecule has 0 N–H and O–H groups in total. The Morgan fingerprint density at radius 3 is 3.33 bits per heavy atom. The number of allylic oxidation sites excluding steroid dienone is 2. The first-order valence-corrected chi connectivity index (χ1v) is 3.34. The van der Waals surface area contributed by atoms with Crippen molar-refractivity contribution >= 4 is 0 Å². The van der Waals surface area contributed by atoms with Crippen LogP contribution in [0.2, 0.25) is 0 Å². The number of fused-ring (bicyclic) bond motifs is 1. The van der Waals surface area contributed by atoms with Crippen molar-refractivity contribution in [3.8, 4) is 0 Å². The molecule has 48 valence electrons. The van der Waals surface area contributed by atoms with Crippen LogP contribution in [0.3, 0.4) is 0 Å². The van der Waals surface area contributed by atoms with Crippen LogP contribution in [0, 0.1) is 0 Å². The van der Waals surface area contributed by atoms with Crippen LogP contribution in [0.5, 0.6) is 0 Å². The molecule has 0 aromatic heterocycles. The van der Waals surface area contributed by atoms with E-state index in [1.165, 1.54) is 5.57 Å². The Morgan fingerprint density at radius 1 is 1.67 bits per heavy atom. The van der Waals surface area contributed by atoms with Gasteiger partial charge in [0, 0.05) is 0 Å². The Balaban J connectivity index is 2.40. The van der Waals surface area contributed by atoms with E-state index in [-0.39, 0.29) is 5.60 Å². The first kappa shape index (κ1) is 5.24. The minimum atomic E-state index is -0.0139. The highest BCUT2D eigenvalue weighted by Crippen LogP contribution is 2.35. The van der Waals surface area contributed by atoms with E-state index in [9.17, 15) is 0 Å². The van der Waals surface area contributed by atoms with Crippen molar-refractivity contribution in [3.63, 3.8) is 0 Å². The van der Waals surface area contributed by atoms with Gasteiger partial charge in [-0.05, 0) is 25.0 Å². The van der Waals surface area contributed by atoms with Crippen LogP contribution in [-0.4, -0.2) is 12.2 Å². The van der Waals surface area contributed by atoms with Gasteiger partial charge in [0.2, 0.25) is 0 Å². The highest BCUT2D eigenvalue weighted by atomic mass is 16.5. The molecule has 0 spiro atoms. The zero-order chi connectivity index (χ0) is 6.32. The van der Waals surface area contributed by atoms with Crippen LogP contribution in [0.15, 0.2) is 23.8 Å². The quantitative estimate of drug-likeness (QED) is 0.475. The number of hydrogen-bond acceptors (Lipinski definition) is 1. The van der Waals surface area contributed by atoms with Gasteiger partial charge in [0.15, 0.2) is 0 Å². The van der Waals surface area contributed by atoms with Gasteiger partial charge in [-0.1, -0.05) is 12.2 Å². The molecule has 1 aliphatic carbocycles. The topological polar surface area (TPSA) is 9.23 Å². The largest absolute Gasteiger partial charge is 0.366 e. The molecule has 2 rings (SSSR count). The molecule has 2 aliphatic rings. The summed E-state index contributed by atoms with van der Waals surface area (Å²) < 4.78 is 5.51. The van der Waals surface area contributed by atoms with Crippen molar-refractivity contribution in [3.05, 3.63) is 23.8 Å². The first-order valence-electron chi connectivity index (χ1n) is 3.34. The maximum absolute atomic E-state index is 5.51. The van der Waals surface area contributed by atoms with E-state index in [0.29, 0.717) is 0 Å². The first-order chi connectivity index (χ1) is 4.31. The second-order valence-corrected chi connectivity index (χ2v) is 2.76. The van der Waals surface area contributed by atoms with Crippen molar-refractivity contribution in [1.29, 1.82) is 0 Å².